The van der Waals surface area contributed by atoms with Crippen LogP contribution in [0.4, 0.5) is 4.79 Å². The first-order valence-electron chi connectivity index (χ1n) is 5.12. The van der Waals surface area contributed by atoms with Crippen molar-refractivity contribution in [2.24, 2.45) is 5.73 Å². The molecule has 0 bridgehead atoms. The lowest BCUT2D eigenvalue weighted by Crippen LogP contribution is -2.42. The Morgan fingerprint density at radius 1 is 1.53 bits per heavy atom. The van der Waals surface area contributed by atoms with Crippen LogP contribution >= 0.6 is 0 Å². The number of ether oxygens (including phenoxy) is 1. The summed E-state index contributed by atoms with van der Waals surface area (Å²) in [6.07, 6.45) is -1.02. The standard InChI is InChI=1S/C10H22N2O3/c1-8(13)7-12(6-5-11)9(14)15-10(2,3)4/h8,13H,5-7,11H2,1-4H3/t8-/m0/s1. The molecule has 0 unspecified atom stereocenters. The number of nitrogens with two attached hydrogens (primary N) is 1. The number of nitrogens with zero attached hydrogens (tertiary/aromatic N) is 1. The fourth-order valence-corrected chi connectivity index (χ4v) is 1.06. The molecule has 0 aromatic heterocycles. The van der Waals surface area contributed by atoms with Gasteiger partial charge in [-0.15, -0.1) is 0 Å². The molecule has 3 N–H and O–H groups in total. The fourth-order valence-electron chi connectivity index (χ4n) is 1.06. The maximum atomic E-state index is 11.6. The monoisotopic (exact) mass is 218 g/mol. The Bertz CT molecular complexity index is 199. The Morgan fingerprint density at radius 3 is 2.40 bits per heavy atom. The van der Waals surface area contributed by atoms with Crippen LogP contribution in [0, 0.1) is 0 Å². The third-order valence-electron chi connectivity index (χ3n) is 1.54. The Morgan fingerprint density at radius 2 is 2.07 bits per heavy atom. The van der Waals surface area contributed by atoms with E-state index in [1.807, 2.05) is 0 Å². The normalized spacial score (nSPS) is 13.5. The van der Waals surface area contributed by atoms with Crippen LogP contribution in [0.5, 0.6) is 0 Å². The first-order valence-corrected chi connectivity index (χ1v) is 5.12. The van der Waals surface area contributed by atoms with Crippen molar-refractivity contribution in [1.82, 2.24) is 4.90 Å². The van der Waals surface area contributed by atoms with E-state index in [0.29, 0.717) is 13.1 Å². The van der Waals surface area contributed by atoms with E-state index in [0.717, 1.165) is 0 Å². The first-order chi connectivity index (χ1) is 6.76. The predicted octanol–water partition coefficient (Wildman–Crippen LogP) is 0.563. The summed E-state index contributed by atoms with van der Waals surface area (Å²) in [5, 5.41) is 9.21. The van der Waals surface area contributed by atoms with Crippen molar-refractivity contribution in [3.63, 3.8) is 0 Å². The van der Waals surface area contributed by atoms with Crippen LogP contribution in [-0.2, 0) is 4.74 Å². The van der Waals surface area contributed by atoms with Crippen molar-refractivity contribution >= 4 is 6.09 Å². The van der Waals surface area contributed by atoms with Crippen molar-refractivity contribution in [2.45, 2.75) is 39.4 Å². The molecule has 0 aliphatic rings. The second kappa shape index (κ2) is 5.92. The van der Waals surface area contributed by atoms with Crippen LogP contribution in [-0.4, -0.2) is 47.4 Å². The first kappa shape index (κ1) is 14.2. The molecular formula is C10H22N2O3. The summed E-state index contributed by atoms with van der Waals surface area (Å²) in [6.45, 7) is 8.00. The van der Waals surface area contributed by atoms with Crippen molar-refractivity contribution in [3.8, 4) is 0 Å². The third-order valence-corrected chi connectivity index (χ3v) is 1.54. The molecule has 1 atom stereocenters. The second-order valence-electron chi connectivity index (χ2n) is 4.56. The van der Waals surface area contributed by atoms with Gasteiger partial charge in [0, 0.05) is 19.6 Å². The minimum Gasteiger partial charge on any atom is -0.444 e. The van der Waals surface area contributed by atoms with Crippen molar-refractivity contribution in [2.75, 3.05) is 19.6 Å². The lowest BCUT2D eigenvalue weighted by atomic mass is 10.2. The molecule has 0 aromatic carbocycles. The summed E-state index contributed by atoms with van der Waals surface area (Å²) in [4.78, 5) is 13.0. The molecule has 90 valence electrons. The molecule has 1 amide bonds. The highest BCUT2D eigenvalue weighted by Gasteiger charge is 2.22. The maximum absolute atomic E-state index is 11.6. The summed E-state index contributed by atoms with van der Waals surface area (Å²) in [6, 6.07) is 0. The minimum atomic E-state index is -0.580. The van der Waals surface area contributed by atoms with E-state index >= 15 is 0 Å². The molecule has 5 heteroatoms. The van der Waals surface area contributed by atoms with Gasteiger partial charge in [-0.1, -0.05) is 0 Å². The zero-order chi connectivity index (χ0) is 12.1. The van der Waals surface area contributed by atoms with Gasteiger partial charge in [-0.2, -0.15) is 0 Å². The highest BCUT2D eigenvalue weighted by molar-refractivity contribution is 5.68. The van der Waals surface area contributed by atoms with Gasteiger partial charge >= 0.3 is 6.09 Å². The third kappa shape index (κ3) is 7.16. The maximum Gasteiger partial charge on any atom is 0.410 e. The van der Waals surface area contributed by atoms with Crippen molar-refractivity contribution in [1.29, 1.82) is 0 Å². The number of amides is 1. The fraction of sp³-hybridized carbons (Fsp3) is 0.900. The average molecular weight is 218 g/mol. The Kier molecular flexibility index (Phi) is 5.60. The van der Waals surface area contributed by atoms with Gasteiger partial charge in [-0.3, -0.25) is 0 Å². The van der Waals surface area contributed by atoms with Gasteiger partial charge in [-0.05, 0) is 27.7 Å². The van der Waals surface area contributed by atoms with E-state index in [1.165, 1.54) is 4.90 Å². The Balaban J connectivity index is 4.28. The lowest BCUT2D eigenvalue weighted by Gasteiger charge is -2.27. The number of carbonyl (C=O) groups is 1. The van der Waals surface area contributed by atoms with Crippen LogP contribution in [0.2, 0.25) is 0 Å². The summed E-state index contributed by atoms with van der Waals surface area (Å²) < 4.78 is 5.17. The minimum absolute atomic E-state index is 0.242. The van der Waals surface area contributed by atoms with Crippen LogP contribution in [0.25, 0.3) is 0 Å². The molecule has 0 heterocycles. The Hall–Kier alpha value is -0.810. The van der Waals surface area contributed by atoms with Crippen molar-refractivity contribution < 1.29 is 14.6 Å². The van der Waals surface area contributed by atoms with Crippen LogP contribution in [0.15, 0.2) is 0 Å². The topological polar surface area (TPSA) is 75.8 Å². The molecule has 0 aromatic rings. The highest BCUT2D eigenvalue weighted by atomic mass is 16.6. The van der Waals surface area contributed by atoms with Gasteiger partial charge in [0.1, 0.15) is 5.60 Å². The van der Waals surface area contributed by atoms with E-state index in [9.17, 15) is 9.90 Å². The Labute approximate surface area is 91.2 Å². The predicted molar refractivity (Wildman–Crippen MR) is 58.5 cm³/mol. The zero-order valence-electron chi connectivity index (χ0n) is 9.99. The molecule has 0 aliphatic heterocycles. The van der Waals surface area contributed by atoms with E-state index in [4.69, 9.17) is 10.5 Å². The summed E-state index contributed by atoms with van der Waals surface area (Å²) >= 11 is 0. The van der Waals surface area contributed by atoms with Gasteiger partial charge in [-0.25, -0.2) is 4.79 Å². The molecule has 0 aliphatic carbocycles. The SMILES string of the molecule is C[C@H](O)CN(CCN)C(=O)OC(C)(C)C. The quantitative estimate of drug-likeness (QED) is 0.723. The van der Waals surface area contributed by atoms with Crippen LogP contribution < -0.4 is 5.73 Å². The molecule has 0 saturated carbocycles. The number of rotatable bonds is 4. The largest absolute Gasteiger partial charge is 0.444 e. The van der Waals surface area contributed by atoms with Gasteiger partial charge in [0.2, 0.25) is 0 Å². The molecule has 15 heavy (non-hydrogen) atoms. The molecule has 0 rings (SSSR count). The second-order valence-corrected chi connectivity index (χ2v) is 4.56. The average Bonchev–Trinajstić information content (AvgIpc) is 1.99. The number of hydrogen-bond donors (Lipinski definition) is 2. The lowest BCUT2D eigenvalue weighted by molar-refractivity contribution is 0.0169. The highest BCUT2D eigenvalue weighted by Crippen LogP contribution is 2.09. The van der Waals surface area contributed by atoms with E-state index < -0.39 is 17.8 Å². The number of hydrogen-bond acceptors (Lipinski definition) is 4. The van der Waals surface area contributed by atoms with Gasteiger partial charge in [0.15, 0.2) is 0 Å². The van der Waals surface area contributed by atoms with E-state index in [-0.39, 0.29) is 6.54 Å². The van der Waals surface area contributed by atoms with Gasteiger partial charge in [0.25, 0.3) is 0 Å². The van der Waals surface area contributed by atoms with Gasteiger partial charge < -0.3 is 20.5 Å². The summed E-state index contributed by atoms with van der Waals surface area (Å²) in [7, 11) is 0. The van der Waals surface area contributed by atoms with E-state index in [2.05, 4.69) is 0 Å². The molecule has 0 saturated heterocycles. The number of aliphatic hydroxyl groups excluding tert-OH is 1. The van der Waals surface area contributed by atoms with E-state index in [1.54, 1.807) is 27.7 Å². The molecule has 0 radical (unpaired) electrons. The smallest absolute Gasteiger partial charge is 0.410 e. The molecule has 5 nitrogen and oxygen atoms in total. The molecule has 0 fully saturated rings. The van der Waals surface area contributed by atoms with Gasteiger partial charge in [0.05, 0.1) is 6.10 Å². The summed E-state index contributed by atoms with van der Waals surface area (Å²) in [5.41, 5.74) is 4.85. The summed E-state index contributed by atoms with van der Waals surface area (Å²) in [5.74, 6) is 0. The van der Waals surface area contributed by atoms with Crippen molar-refractivity contribution in [3.05, 3.63) is 0 Å². The van der Waals surface area contributed by atoms with Crippen LogP contribution in [0.1, 0.15) is 27.7 Å². The number of aliphatic hydroxyl groups is 1. The van der Waals surface area contributed by atoms with Crippen LogP contribution in [0.3, 0.4) is 0 Å². The molecular weight excluding hydrogens is 196 g/mol. The molecule has 0 spiro atoms. The number of carbonyl (C=O) groups excluding carboxylic acids is 1. The zero-order valence-corrected chi connectivity index (χ0v) is 9.99.